The van der Waals surface area contributed by atoms with Crippen LogP contribution in [0.2, 0.25) is 0 Å². The number of rotatable bonds is 3. The highest BCUT2D eigenvalue weighted by Crippen LogP contribution is 2.40. The molecule has 26 heavy (non-hydrogen) atoms. The van der Waals surface area contributed by atoms with Crippen LogP contribution in [0, 0.1) is 0 Å². The molecule has 3 heterocycles. The van der Waals surface area contributed by atoms with Gasteiger partial charge in [0.25, 0.3) is 11.8 Å². The molecule has 0 saturated carbocycles. The zero-order valence-corrected chi connectivity index (χ0v) is 14.3. The van der Waals surface area contributed by atoms with Crippen molar-refractivity contribution in [3.63, 3.8) is 0 Å². The van der Waals surface area contributed by atoms with E-state index in [0.29, 0.717) is 17.4 Å². The zero-order valence-electron chi connectivity index (χ0n) is 13.5. The first-order chi connectivity index (χ1) is 12.0. The molecular weight excluding hydrogens is 377 g/mol. The number of carbonyl (C=O) groups is 3. The van der Waals surface area contributed by atoms with Gasteiger partial charge >= 0.3 is 12.1 Å². The number of hydrogen-bond acceptors (Lipinski definition) is 5. The number of carboxylic acid groups (broad SMARTS) is 1. The maximum absolute atomic E-state index is 12.7. The van der Waals surface area contributed by atoms with E-state index in [1.165, 1.54) is 18.8 Å². The van der Waals surface area contributed by atoms with Crippen LogP contribution < -0.4 is 5.32 Å². The molecule has 0 spiro atoms. The summed E-state index contributed by atoms with van der Waals surface area (Å²) in [6.07, 6.45) is -4.70. The number of aliphatic carboxylic acids is 1. The summed E-state index contributed by atoms with van der Waals surface area (Å²) >= 11 is 1.27. The number of β-lactam (4-membered cyclic amide) rings is 1. The summed E-state index contributed by atoms with van der Waals surface area (Å²) < 4.78 is 38.9. The summed E-state index contributed by atoms with van der Waals surface area (Å²) in [7, 11) is 1.18. The van der Waals surface area contributed by atoms with Crippen molar-refractivity contribution in [1.29, 1.82) is 0 Å². The van der Waals surface area contributed by atoms with Crippen LogP contribution in [0.5, 0.6) is 0 Å². The molecule has 1 saturated heterocycles. The number of alkyl halides is 3. The lowest BCUT2D eigenvalue weighted by atomic mass is 10.0. The summed E-state index contributed by atoms with van der Waals surface area (Å²) in [5.74, 6) is -2.39. The van der Waals surface area contributed by atoms with Crippen LogP contribution >= 0.6 is 11.8 Å². The number of aromatic nitrogens is 2. The van der Waals surface area contributed by atoms with Crippen molar-refractivity contribution in [3.8, 4) is 0 Å². The van der Waals surface area contributed by atoms with Gasteiger partial charge in [0.05, 0.1) is 0 Å². The van der Waals surface area contributed by atoms with Crippen LogP contribution in [0.4, 0.5) is 13.2 Å². The summed E-state index contributed by atoms with van der Waals surface area (Å²) in [5.41, 5.74) is -1.16. The average Bonchev–Trinajstić information content (AvgIpc) is 2.94. The molecule has 3 rings (SSSR count). The maximum Gasteiger partial charge on any atom is 0.435 e. The molecule has 2 aliphatic heterocycles. The van der Waals surface area contributed by atoms with E-state index in [1.54, 1.807) is 6.92 Å². The fraction of sp³-hybridized carbons (Fsp3) is 0.429. The number of thioether (sulfide) groups is 1. The number of halogens is 3. The summed E-state index contributed by atoms with van der Waals surface area (Å²) in [6.45, 7) is 1.60. The Kier molecular flexibility index (Phi) is 4.25. The molecule has 2 N–H and O–H groups in total. The van der Waals surface area contributed by atoms with E-state index in [1.807, 2.05) is 0 Å². The second kappa shape index (κ2) is 6.04. The van der Waals surface area contributed by atoms with Crippen LogP contribution in [0.3, 0.4) is 0 Å². The minimum absolute atomic E-state index is 0.121. The monoisotopic (exact) mass is 390 g/mol. The molecule has 8 nitrogen and oxygen atoms in total. The van der Waals surface area contributed by atoms with Gasteiger partial charge in [-0.05, 0) is 12.5 Å². The van der Waals surface area contributed by atoms with Gasteiger partial charge in [-0.3, -0.25) is 19.2 Å². The van der Waals surface area contributed by atoms with Gasteiger partial charge in [-0.2, -0.15) is 18.3 Å². The average molecular weight is 390 g/mol. The molecule has 0 aromatic carbocycles. The van der Waals surface area contributed by atoms with E-state index < -0.39 is 41.1 Å². The van der Waals surface area contributed by atoms with Crippen LogP contribution in [-0.4, -0.2) is 54.7 Å². The van der Waals surface area contributed by atoms with Crippen LogP contribution in [0.15, 0.2) is 17.3 Å². The van der Waals surface area contributed by atoms with Crippen molar-refractivity contribution in [2.24, 2.45) is 7.05 Å². The first-order valence-corrected chi connectivity index (χ1v) is 8.37. The van der Waals surface area contributed by atoms with Gasteiger partial charge in [-0.25, -0.2) is 4.79 Å². The highest BCUT2D eigenvalue weighted by Gasteiger charge is 2.54. The predicted octanol–water partition coefficient (Wildman–Crippen LogP) is 0.811. The second-order valence-electron chi connectivity index (χ2n) is 5.83. The Morgan fingerprint density at radius 3 is 2.62 bits per heavy atom. The molecule has 1 aromatic heterocycles. The molecule has 0 aliphatic carbocycles. The van der Waals surface area contributed by atoms with Crippen molar-refractivity contribution >= 4 is 29.5 Å². The summed E-state index contributed by atoms with van der Waals surface area (Å²) in [5, 5.41) is 14.2. The van der Waals surface area contributed by atoms with E-state index in [4.69, 9.17) is 0 Å². The predicted molar refractivity (Wildman–Crippen MR) is 82.9 cm³/mol. The lowest BCUT2D eigenvalue weighted by Crippen LogP contribution is -2.70. The number of nitrogens with one attached hydrogen (secondary N) is 1. The Labute approximate surface area is 149 Å². The topological polar surface area (TPSA) is 105 Å². The third kappa shape index (κ3) is 2.83. The Morgan fingerprint density at radius 2 is 2.08 bits per heavy atom. The number of aryl methyl sites for hydroxylation is 1. The molecule has 140 valence electrons. The molecule has 0 unspecified atom stereocenters. The zero-order chi connectivity index (χ0) is 19.4. The van der Waals surface area contributed by atoms with Gasteiger partial charge in [0.2, 0.25) is 0 Å². The van der Waals surface area contributed by atoms with Crippen LogP contribution in [-0.2, 0) is 22.8 Å². The first kappa shape index (κ1) is 18.3. The molecular formula is C14H13F3N4O4S. The maximum atomic E-state index is 12.7. The fourth-order valence-corrected chi connectivity index (χ4v) is 4.10. The van der Waals surface area contributed by atoms with E-state index in [9.17, 15) is 32.7 Å². The Morgan fingerprint density at radius 1 is 1.42 bits per heavy atom. The van der Waals surface area contributed by atoms with Crippen LogP contribution in [0.25, 0.3) is 0 Å². The van der Waals surface area contributed by atoms with E-state index in [2.05, 4.69) is 10.4 Å². The third-order valence-corrected chi connectivity index (χ3v) is 5.48. The van der Waals surface area contributed by atoms with Crippen LogP contribution in [0.1, 0.15) is 23.1 Å². The molecule has 1 aromatic rings. The number of amides is 2. The standard InChI is InChI=1S/C14H13F3N4O4S/c1-5-4-26-12-8(11(23)21(12)9(5)13(24)25)18-10(22)6-3-7(14(15,16)17)19-20(6)2/h3,8,12H,4H2,1-2H3,(H,18,22)(H,24,25)/t8-,12-/m0/s1. The van der Waals surface area contributed by atoms with Crippen molar-refractivity contribution in [1.82, 2.24) is 20.0 Å². The number of hydrogen-bond donors (Lipinski definition) is 2. The second-order valence-corrected chi connectivity index (χ2v) is 6.94. The largest absolute Gasteiger partial charge is 0.477 e. The minimum Gasteiger partial charge on any atom is -0.477 e. The number of carbonyl (C=O) groups excluding carboxylic acids is 2. The molecule has 0 radical (unpaired) electrons. The number of nitrogens with zero attached hydrogens (tertiary/aromatic N) is 3. The highest BCUT2D eigenvalue weighted by atomic mass is 32.2. The van der Waals surface area contributed by atoms with E-state index in [-0.39, 0.29) is 11.4 Å². The Hall–Kier alpha value is -2.50. The SMILES string of the molecule is CC1=C(C(=O)O)N2C(=O)[C@H](NC(=O)c3cc(C(F)(F)F)nn3C)[C@@H]2SC1. The van der Waals surface area contributed by atoms with Gasteiger partial charge in [0.15, 0.2) is 5.69 Å². The van der Waals surface area contributed by atoms with Crippen molar-refractivity contribution in [2.75, 3.05) is 5.75 Å². The molecule has 12 heteroatoms. The van der Waals surface area contributed by atoms with Gasteiger partial charge in [0.1, 0.15) is 22.8 Å². The number of fused-ring (bicyclic) bond motifs is 1. The molecule has 2 aliphatic rings. The molecule has 0 bridgehead atoms. The normalized spacial score (nSPS) is 22.8. The molecule has 1 fully saturated rings. The van der Waals surface area contributed by atoms with E-state index >= 15 is 0 Å². The lowest BCUT2D eigenvalue weighted by molar-refractivity contribution is -0.148. The third-order valence-electron chi connectivity index (χ3n) is 4.05. The lowest BCUT2D eigenvalue weighted by Gasteiger charge is -2.49. The van der Waals surface area contributed by atoms with Gasteiger partial charge in [-0.15, -0.1) is 11.8 Å². The highest BCUT2D eigenvalue weighted by molar-refractivity contribution is 8.00. The van der Waals surface area contributed by atoms with Gasteiger partial charge in [0, 0.05) is 18.9 Å². The Balaban J connectivity index is 1.78. The molecule has 2 amide bonds. The van der Waals surface area contributed by atoms with E-state index in [0.717, 1.165) is 9.58 Å². The van der Waals surface area contributed by atoms with Crippen molar-refractivity contribution in [2.45, 2.75) is 24.5 Å². The first-order valence-electron chi connectivity index (χ1n) is 7.32. The number of carboxylic acids is 1. The van der Waals surface area contributed by atoms with Crippen molar-refractivity contribution in [3.05, 3.63) is 28.7 Å². The fourth-order valence-electron chi connectivity index (χ4n) is 2.81. The molecule has 2 atom stereocenters. The van der Waals surface area contributed by atoms with Crippen molar-refractivity contribution < 1.29 is 32.7 Å². The summed E-state index contributed by atoms with van der Waals surface area (Å²) in [6, 6.07) is -0.420. The van der Waals surface area contributed by atoms with Gasteiger partial charge in [-0.1, -0.05) is 0 Å². The van der Waals surface area contributed by atoms with Gasteiger partial charge < -0.3 is 10.4 Å². The quantitative estimate of drug-likeness (QED) is 0.741. The smallest absolute Gasteiger partial charge is 0.435 e. The summed E-state index contributed by atoms with van der Waals surface area (Å²) in [4.78, 5) is 36.9. The minimum atomic E-state index is -4.70. The Bertz CT molecular complexity index is 848.